The van der Waals surface area contributed by atoms with E-state index in [0.29, 0.717) is 6.04 Å². The highest BCUT2D eigenvalue weighted by Crippen LogP contribution is 2.32. The molecular weight excluding hydrogens is 214 g/mol. The minimum atomic E-state index is -0.101. The van der Waals surface area contributed by atoms with Crippen molar-refractivity contribution in [2.24, 2.45) is 0 Å². The number of rotatable bonds is 3. The maximum absolute atomic E-state index is 9.56. The molecule has 1 aliphatic carbocycles. The summed E-state index contributed by atoms with van der Waals surface area (Å²) in [6.07, 6.45) is 7.67. The summed E-state index contributed by atoms with van der Waals surface area (Å²) in [5.74, 6) is 0. The third-order valence-electron chi connectivity index (χ3n) is 3.99. The van der Waals surface area contributed by atoms with Crippen molar-refractivity contribution < 1.29 is 5.11 Å². The zero-order valence-corrected chi connectivity index (χ0v) is 11.0. The number of imidazole rings is 1. The van der Waals surface area contributed by atoms with Crippen molar-refractivity contribution >= 4 is 0 Å². The van der Waals surface area contributed by atoms with Crippen LogP contribution in [0.15, 0.2) is 12.5 Å². The molecule has 1 aromatic heterocycles. The van der Waals surface area contributed by atoms with Crippen molar-refractivity contribution in [3.8, 4) is 0 Å². The highest BCUT2D eigenvalue weighted by molar-refractivity contribution is 5.12. The van der Waals surface area contributed by atoms with Crippen LogP contribution in [0, 0.1) is 0 Å². The van der Waals surface area contributed by atoms with Gasteiger partial charge in [0, 0.05) is 6.04 Å². The first-order valence-electron chi connectivity index (χ1n) is 6.44. The van der Waals surface area contributed by atoms with Crippen molar-refractivity contribution in [1.82, 2.24) is 14.9 Å². The number of nitrogens with one attached hydrogen (secondary N) is 1. The van der Waals surface area contributed by atoms with E-state index in [9.17, 15) is 5.11 Å². The Bertz CT molecular complexity index is 364. The highest BCUT2D eigenvalue weighted by atomic mass is 16.3. The molecule has 0 atom stereocenters. The summed E-state index contributed by atoms with van der Waals surface area (Å²) in [5, 5.41) is 12.9. The first-order chi connectivity index (χ1) is 8.04. The zero-order chi connectivity index (χ0) is 12.5. The maximum Gasteiger partial charge on any atom is 0.0951 e. The Labute approximate surface area is 103 Å². The molecule has 17 heavy (non-hydrogen) atoms. The van der Waals surface area contributed by atoms with Gasteiger partial charge in [-0.25, -0.2) is 4.98 Å². The van der Waals surface area contributed by atoms with Crippen LogP contribution in [0.2, 0.25) is 0 Å². The lowest BCUT2D eigenvalue weighted by Gasteiger charge is -2.32. The second kappa shape index (κ2) is 4.78. The monoisotopic (exact) mass is 237 g/mol. The third-order valence-corrected chi connectivity index (χ3v) is 3.99. The molecule has 1 aromatic rings. The Morgan fingerprint density at radius 3 is 2.59 bits per heavy atom. The number of aromatic nitrogens is 2. The topological polar surface area (TPSA) is 50.1 Å². The van der Waals surface area contributed by atoms with Crippen LogP contribution in [-0.2, 0) is 5.54 Å². The van der Waals surface area contributed by atoms with E-state index in [-0.39, 0.29) is 11.6 Å². The van der Waals surface area contributed by atoms with Crippen molar-refractivity contribution in [2.45, 2.75) is 57.2 Å². The fourth-order valence-corrected chi connectivity index (χ4v) is 2.54. The van der Waals surface area contributed by atoms with Crippen LogP contribution < -0.4 is 5.32 Å². The second-order valence-electron chi connectivity index (χ2n) is 5.52. The second-order valence-corrected chi connectivity index (χ2v) is 5.52. The molecule has 4 heteroatoms. The largest absolute Gasteiger partial charge is 0.393 e. The predicted molar refractivity (Wildman–Crippen MR) is 67.8 cm³/mol. The number of hydrogen-bond acceptors (Lipinski definition) is 3. The molecule has 4 nitrogen and oxygen atoms in total. The molecule has 2 N–H and O–H groups in total. The summed E-state index contributed by atoms with van der Waals surface area (Å²) in [5.41, 5.74) is 1.16. The summed E-state index contributed by atoms with van der Waals surface area (Å²) in [4.78, 5) is 4.29. The molecule has 96 valence electrons. The molecule has 0 unspecified atom stereocenters. The van der Waals surface area contributed by atoms with E-state index in [1.54, 1.807) is 0 Å². The average Bonchev–Trinajstić information content (AvgIpc) is 2.80. The van der Waals surface area contributed by atoms with Gasteiger partial charge in [0.2, 0.25) is 0 Å². The fourth-order valence-electron chi connectivity index (χ4n) is 2.54. The molecule has 0 bridgehead atoms. The Kier molecular flexibility index (Phi) is 3.54. The van der Waals surface area contributed by atoms with Gasteiger partial charge in [-0.15, -0.1) is 0 Å². The van der Waals surface area contributed by atoms with Crippen LogP contribution >= 0.6 is 0 Å². The van der Waals surface area contributed by atoms with Gasteiger partial charge in [0.1, 0.15) is 0 Å². The molecular formula is C13H23N3O. The van der Waals surface area contributed by atoms with Gasteiger partial charge >= 0.3 is 0 Å². The molecule has 0 spiro atoms. The fraction of sp³-hybridized carbons (Fsp3) is 0.769. The molecule has 0 radical (unpaired) electrons. The van der Waals surface area contributed by atoms with Gasteiger partial charge in [0.15, 0.2) is 0 Å². The van der Waals surface area contributed by atoms with E-state index < -0.39 is 0 Å². The predicted octanol–water partition coefficient (Wildman–Crippen LogP) is 1.81. The lowest BCUT2D eigenvalue weighted by molar-refractivity contribution is 0.109. The average molecular weight is 237 g/mol. The number of nitrogens with zero attached hydrogens (tertiary/aromatic N) is 2. The van der Waals surface area contributed by atoms with Crippen molar-refractivity contribution in [1.29, 1.82) is 0 Å². The molecule has 1 aliphatic rings. The Hall–Kier alpha value is -0.870. The first kappa shape index (κ1) is 12.6. The van der Waals surface area contributed by atoms with E-state index in [1.165, 1.54) is 5.69 Å². The van der Waals surface area contributed by atoms with Gasteiger partial charge in [-0.2, -0.15) is 0 Å². The number of hydrogen-bond donors (Lipinski definition) is 2. The Balaban J connectivity index is 2.19. The van der Waals surface area contributed by atoms with Crippen LogP contribution in [0.4, 0.5) is 0 Å². The molecule has 0 aliphatic heterocycles. The lowest BCUT2D eigenvalue weighted by atomic mass is 9.91. The normalized spacial score (nSPS) is 26.1. The standard InChI is InChI=1S/C13H23N3O/c1-13(2,14-3)12-8-15-9-16(12)10-4-6-11(17)7-5-10/h8-11,14,17H,4-7H2,1-3H3. The Morgan fingerprint density at radius 2 is 2.00 bits per heavy atom. The summed E-state index contributed by atoms with van der Waals surface area (Å²) in [7, 11) is 1.97. The number of aliphatic hydroxyl groups excluding tert-OH is 1. The van der Waals surface area contributed by atoms with Crippen molar-refractivity contribution in [3.63, 3.8) is 0 Å². The summed E-state index contributed by atoms with van der Waals surface area (Å²) in [6, 6.07) is 0.489. The molecule has 0 aromatic carbocycles. The summed E-state index contributed by atoms with van der Waals surface area (Å²) in [6.45, 7) is 4.33. The van der Waals surface area contributed by atoms with Crippen LogP contribution in [0.1, 0.15) is 51.3 Å². The van der Waals surface area contributed by atoms with Gasteiger partial charge in [0.25, 0.3) is 0 Å². The molecule has 1 fully saturated rings. The lowest BCUT2D eigenvalue weighted by Crippen LogP contribution is -2.36. The molecule has 1 heterocycles. The minimum Gasteiger partial charge on any atom is -0.393 e. The number of aliphatic hydroxyl groups is 1. The SMILES string of the molecule is CNC(C)(C)c1cncn1C1CCC(O)CC1. The van der Waals surface area contributed by atoms with Crippen LogP contribution in [0.3, 0.4) is 0 Å². The quantitative estimate of drug-likeness (QED) is 0.843. The van der Waals surface area contributed by atoms with Gasteiger partial charge < -0.3 is 15.0 Å². The minimum absolute atomic E-state index is 0.0629. The van der Waals surface area contributed by atoms with E-state index in [1.807, 2.05) is 19.6 Å². The molecule has 0 amide bonds. The molecule has 1 saturated carbocycles. The highest BCUT2D eigenvalue weighted by Gasteiger charge is 2.27. The van der Waals surface area contributed by atoms with E-state index in [4.69, 9.17) is 0 Å². The third kappa shape index (κ3) is 2.53. The first-order valence-corrected chi connectivity index (χ1v) is 6.44. The van der Waals surface area contributed by atoms with Crippen molar-refractivity contribution in [3.05, 3.63) is 18.2 Å². The van der Waals surface area contributed by atoms with Crippen LogP contribution in [0.25, 0.3) is 0 Å². The van der Waals surface area contributed by atoms with Crippen LogP contribution in [0.5, 0.6) is 0 Å². The van der Waals surface area contributed by atoms with Crippen LogP contribution in [-0.4, -0.2) is 27.8 Å². The zero-order valence-electron chi connectivity index (χ0n) is 11.0. The molecule has 0 saturated heterocycles. The molecule has 2 rings (SSSR count). The van der Waals surface area contributed by atoms with E-state index in [2.05, 4.69) is 28.7 Å². The smallest absolute Gasteiger partial charge is 0.0951 e. The van der Waals surface area contributed by atoms with E-state index >= 15 is 0 Å². The van der Waals surface area contributed by atoms with Gasteiger partial charge in [0.05, 0.1) is 29.9 Å². The van der Waals surface area contributed by atoms with E-state index in [0.717, 1.165) is 25.7 Å². The van der Waals surface area contributed by atoms with Gasteiger partial charge in [-0.05, 0) is 46.6 Å². The van der Waals surface area contributed by atoms with Crippen molar-refractivity contribution in [2.75, 3.05) is 7.05 Å². The summed E-state index contributed by atoms with van der Waals surface area (Å²) >= 11 is 0. The Morgan fingerprint density at radius 1 is 1.35 bits per heavy atom. The van der Waals surface area contributed by atoms with Gasteiger partial charge in [-0.1, -0.05) is 0 Å². The maximum atomic E-state index is 9.56. The van der Waals surface area contributed by atoms with Gasteiger partial charge in [-0.3, -0.25) is 0 Å². The summed E-state index contributed by atoms with van der Waals surface area (Å²) < 4.78 is 2.28.